The first kappa shape index (κ1) is 16.9. The van der Waals surface area contributed by atoms with Crippen LogP contribution >= 0.6 is 0 Å². The normalized spacial score (nSPS) is 15.2. The zero-order chi connectivity index (χ0) is 14.6. The Morgan fingerprint density at radius 1 is 1.33 bits per heavy atom. The molecule has 0 aromatic heterocycles. The molecule has 0 fully saturated rings. The Labute approximate surface area is 108 Å². The molecular weight excluding hydrogens is 258 g/mol. The molecule has 106 valence electrons. The summed E-state index contributed by atoms with van der Waals surface area (Å²) in [6.45, 7) is 6.44. The molecule has 0 rings (SSSR count). The van der Waals surface area contributed by atoms with Gasteiger partial charge in [-0.05, 0) is 19.3 Å². The Hall–Kier alpha value is -1.11. The SMILES string of the molecule is CCC(C)(NC(=O)CS(=O)(=O)CC(C)C)C(=O)O. The highest BCUT2D eigenvalue weighted by atomic mass is 32.2. The van der Waals surface area contributed by atoms with Crippen LogP contribution in [-0.4, -0.2) is 42.4 Å². The predicted octanol–water partition coefficient (Wildman–Crippen LogP) is 0.427. The van der Waals surface area contributed by atoms with E-state index in [4.69, 9.17) is 5.11 Å². The predicted molar refractivity (Wildman–Crippen MR) is 68.0 cm³/mol. The zero-order valence-electron chi connectivity index (χ0n) is 11.2. The lowest BCUT2D eigenvalue weighted by atomic mass is 9.99. The van der Waals surface area contributed by atoms with E-state index in [-0.39, 0.29) is 18.1 Å². The number of hydrogen-bond donors (Lipinski definition) is 2. The smallest absolute Gasteiger partial charge is 0.329 e. The van der Waals surface area contributed by atoms with Crippen LogP contribution in [0.5, 0.6) is 0 Å². The number of amides is 1. The van der Waals surface area contributed by atoms with Gasteiger partial charge in [-0.25, -0.2) is 13.2 Å². The molecule has 0 aliphatic heterocycles. The van der Waals surface area contributed by atoms with E-state index in [1.807, 2.05) is 0 Å². The fourth-order valence-electron chi connectivity index (χ4n) is 1.40. The molecule has 1 amide bonds. The Morgan fingerprint density at radius 2 is 1.83 bits per heavy atom. The van der Waals surface area contributed by atoms with Crippen LogP contribution < -0.4 is 5.32 Å². The zero-order valence-corrected chi connectivity index (χ0v) is 12.0. The van der Waals surface area contributed by atoms with E-state index in [0.29, 0.717) is 0 Å². The van der Waals surface area contributed by atoms with Crippen molar-refractivity contribution in [2.75, 3.05) is 11.5 Å². The van der Waals surface area contributed by atoms with Gasteiger partial charge in [0.25, 0.3) is 0 Å². The first-order valence-electron chi connectivity index (χ1n) is 5.77. The van der Waals surface area contributed by atoms with Crippen LogP contribution in [-0.2, 0) is 19.4 Å². The molecule has 1 unspecified atom stereocenters. The van der Waals surface area contributed by atoms with E-state index >= 15 is 0 Å². The number of carbonyl (C=O) groups is 2. The van der Waals surface area contributed by atoms with Crippen LogP contribution in [0.25, 0.3) is 0 Å². The number of carboxylic acid groups (broad SMARTS) is 1. The number of carboxylic acids is 1. The summed E-state index contributed by atoms with van der Waals surface area (Å²) in [5.74, 6) is -2.79. The van der Waals surface area contributed by atoms with Crippen molar-refractivity contribution in [3.05, 3.63) is 0 Å². The van der Waals surface area contributed by atoms with Crippen LogP contribution in [0.4, 0.5) is 0 Å². The van der Waals surface area contributed by atoms with Crippen LogP contribution in [0, 0.1) is 5.92 Å². The maximum Gasteiger partial charge on any atom is 0.329 e. The molecule has 0 saturated carbocycles. The average Bonchev–Trinajstić information content (AvgIpc) is 2.13. The lowest BCUT2D eigenvalue weighted by Gasteiger charge is -2.24. The van der Waals surface area contributed by atoms with Crippen LogP contribution in [0.15, 0.2) is 0 Å². The summed E-state index contributed by atoms with van der Waals surface area (Å²) in [7, 11) is -3.49. The molecule has 7 heteroatoms. The van der Waals surface area contributed by atoms with Crippen molar-refractivity contribution in [2.45, 2.75) is 39.7 Å². The molecule has 0 heterocycles. The van der Waals surface area contributed by atoms with Gasteiger partial charge in [0.2, 0.25) is 5.91 Å². The van der Waals surface area contributed by atoms with Gasteiger partial charge in [0.15, 0.2) is 9.84 Å². The lowest BCUT2D eigenvalue weighted by molar-refractivity contribution is -0.146. The van der Waals surface area contributed by atoms with Crippen molar-refractivity contribution in [3.63, 3.8) is 0 Å². The van der Waals surface area contributed by atoms with Gasteiger partial charge < -0.3 is 10.4 Å². The summed E-state index contributed by atoms with van der Waals surface area (Å²) in [5.41, 5.74) is -1.43. The molecule has 0 aliphatic rings. The first-order chi connectivity index (χ1) is 8.02. The quantitative estimate of drug-likeness (QED) is 0.703. The summed E-state index contributed by atoms with van der Waals surface area (Å²) in [5, 5.41) is 11.2. The third-order valence-electron chi connectivity index (χ3n) is 2.53. The Kier molecular flexibility index (Phi) is 5.79. The number of carbonyl (C=O) groups excluding carboxylic acids is 1. The van der Waals surface area contributed by atoms with E-state index < -0.39 is 33.0 Å². The largest absolute Gasteiger partial charge is 0.480 e. The van der Waals surface area contributed by atoms with Gasteiger partial charge in [-0.3, -0.25) is 4.79 Å². The van der Waals surface area contributed by atoms with Gasteiger partial charge in [-0.1, -0.05) is 20.8 Å². The van der Waals surface area contributed by atoms with Crippen molar-refractivity contribution in [1.29, 1.82) is 0 Å². The summed E-state index contributed by atoms with van der Waals surface area (Å²) in [6, 6.07) is 0. The van der Waals surface area contributed by atoms with E-state index in [0.717, 1.165) is 0 Å². The van der Waals surface area contributed by atoms with Crippen molar-refractivity contribution in [2.24, 2.45) is 5.92 Å². The number of aliphatic carboxylic acids is 1. The van der Waals surface area contributed by atoms with Crippen LogP contribution in [0.1, 0.15) is 34.1 Å². The molecule has 1 atom stereocenters. The molecule has 0 saturated heterocycles. The minimum Gasteiger partial charge on any atom is -0.480 e. The van der Waals surface area contributed by atoms with Gasteiger partial charge >= 0.3 is 5.97 Å². The number of rotatable bonds is 7. The van der Waals surface area contributed by atoms with Gasteiger partial charge in [-0.2, -0.15) is 0 Å². The summed E-state index contributed by atoms with van der Waals surface area (Å²) in [4.78, 5) is 22.5. The number of hydrogen-bond acceptors (Lipinski definition) is 4. The molecule has 2 N–H and O–H groups in total. The summed E-state index contributed by atoms with van der Waals surface area (Å²) >= 11 is 0. The van der Waals surface area contributed by atoms with Gasteiger partial charge in [0, 0.05) is 0 Å². The van der Waals surface area contributed by atoms with Gasteiger partial charge in [0.1, 0.15) is 11.3 Å². The minimum absolute atomic E-state index is 0.0696. The molecule has 6 nitrogen and oxygen atoms in total. The molecule has 0 aromatic rings. The van der Waals surface area contributed by atoms with Crippen molar-refractivity contribution < 1.29 is 23.1 Å². The van der Waals surface area contributed by atoms with E-state index in [2.05, 4.69) is 5.32 Å². The molecule has 0 bridgehead atoms. The van der Waals surface area contributed by atoms with E-state index in [1.54, 1.807) is 20.8 Å². The second-order valence-electron chi connectivity index (χ2n) is 4.99. The van der Waals surface area contributed by atoms with Crippen molar-refractivity contribution in [1.82, 2.24) is 5.32 Å². The first-order valence-corrected chi connectivity index (χ1v) is 7.59. The van der Waals surface area contributed by atoms with Crippen molar-refractivity contribution >= 4 is 21.7 Å². The maximum absolute atomic E-state index is 11.6. The standard InChI is InChI=1S/C11H21NO5S/c1-5-11(4,10(14)15)12-9(13)7-18(16,17)6-8(2)3/h8H,5-7H2,1-4H3,(H,12,13)(H,14,15). The molecule has 0 aliphatic carbocycles. The summed E-state index contributed by atoms with van der Waals surface area (Å²) < 4.78 is 23.2. The third-order valence-corrected chi connectivity index (χ3v) is 4.41. The molecule has 0 aromatic carbocycles. The average molecular weight is 279 g/mol. The van der Waals surface area contributed by atoms with Gasteiger partial charge in [0.05, 0.1) is 5.75 Å². The highest BCUT2D eigenvalue weighted by Gasteiger charge is 2.33. The second-order valence-corrected chi connectivity index (χ2v) is 7.10. The maximum atomic E-state index is 11.6. The topological polar surface area (TPSA) is 101 Å². The highest BCUT2D eigenvalue weighted by molar-refractivity contribution is 7.92. The Bertz CT molecular complexity index is 415. The van der Waals surface area contributed by atoms with Gasteiger partial charge in [-0.15, -0.1) is 0 Å². The van der Waals surface area contributed by atoms with Crippen LogP contribution in [0.2, 0.25) is 0 Å². The van der Waals surface area contributed by atoms with E-state index in [1.165, 1.54) is 6.92 Å². The summed E-state index contributed by atoms with van der Waals surface area (Å²) in [6.07, 6.45) is 0.179. The van der Waals surface area contributed by atoms with Crippen molar-refractivity contribution in [3.8, 4) is 0 Å². The monoisotopic (exact) mass is 279 g/mol. The number of nitrogens with one attached hydrogen (secondary N) is 1. The lowest BCUT2D eigenvalue weighted by Crippen LogP contribution is -2.53. The number of sulfone groups is 1. The minimum atomic E-state index is -3.49. The molecule has 0 spiro atoms. The van der Waals surface area contributed by atoms with E-state index in [9.17, 15) is 18.0 Å². The third kappa shape index (κ3) is 5.48. The molecule has 0 radical (unpaired) electrons. The Morgan fingerprint density at radius 3 is 2.17 bits per heavy atom. The fourth-order valence-corrected chi connectivity index (χ4v) is 3.01. The Balaban J connectivity index is 4.67. The molecular formula is C11H21NO5S. The molecule has 18 heavy (non-hydrogen) atoms. The highest BCUT2D eigenvalue weighted by Crippen LogP contribution is 2.09. The van der Waals surface area contributed by atoms with Crippen LogP contribution in [0.3, 0.4) is 0 Å². The fraction of sp³-hybridized carbons (Fsp3) is 0.818. The second kappa shape index (κ2) is 6.17.